The topological polar surface area (TPSA) is 30.8 Å². The molecule has 1 unspecified atom stereocenters. The second kappa shape index (κ2) is 5.56. The maximum atomic E-state index is 13.7. The first-order chi connectivity index (χ1) is 11.3. The van der Waals surface area contributed by atoms with Gasteiger partial charge in [0.1, 0.15) is 6.54 Å². The first kappa shape index (κ1) is 14.0. The second-order valence-electron chi connectivity index (χ2n) is 5.74. The highest BCUT2D eigenvalue weighted by Gasteiger charge is 2.26. The van der Waals surface area contributed by atoms with Gasteiger partial charge in [-0.05, 0) is 36.4 Å². The van der Waals surface area contributed by atoms with Crippen LogP contribution in [0.2, 0.25) is 0 Å². The molecule has 0 saturated heterocycles. The van der Waals surface area contributed by atoms with Crippen LogP contribution in [0.1, 0.15) is 22.9 Å². The van der Waals surface area contributed by atoms with Crippen molar-refractivity contribution in [3.05, 3.63) is 83.4 Å². The Kier molecular flexibility index (Phi) is 3.39. The van der Waals surface area contributed by atoms with E-state index in [1.54, 1.807) is 6.07 Å². The lowest BCUT2D eigenvalue weighted by molar-refractivity contribution is -0.702. The lowest BCUT2D eigenvalue weighted by Gasteiger charge is -2.16. The molecule has 2 aromatic carbocycles. The van der Waals surface area contributed by atoms with E-state index in [9.17, 15) is 4.39 Å². The smallest absolute Gasteiger partial charge is 0.165 e. The molecule has 2 heterocycles. The van der Waals surface area contributed by atoms with Gasteiger partial charge in [-0.25, -0.2) is 4.39 Å². The van der Waals surface area contributed by atoms with Gasteiger partial charge in [0.25, 0.3) is 0 Å². The minimum atomic E-state index is -0.330. The molecule has 3 aromatic rings. The normalized spacial score (nSPS) is 16.3. The number of para-hydroxylation sites is 1. The van der Waals surface area contributed by atoms with E-state index in [-0.39, 0.29) is 17.6 Å². The van der Waals surface area contributed by atoms with Crippen molar-refractivity contribution >= 4 is 0 Å². The molecule has 0 fully saturated rings. The Balaban J connectivity index is 1.84. The molecule has 0 spiro atoms. The van der Waals surface area contributed by atoms with Crippen LogP contribution >= 0.6 is 0 Å². The van der Waals surface area contributed by atoms with Crippen molar-refractivity contribution in [1.82, 2.24) is 4.57 Å². The minimum Gasteiger partial charge on any atom is -0.494 e. The van der Waals surface area contributed by atoms with Crippen molar-refractivity contribution in [2.75, 3.05) is 7.11 Å². The van der Waals surface area contributed by atoms with Crippen LogP contribution in [0.3, 0.4) is 0 Å². The van der Waals surface area contributed by atoms with Crippen LogP contribution < -0.4 is 10.1 Å². The number of aromatic nitrogens is 1. The highest BCUT2D eigenvalue weighted by atomic mass is 19.1. The zero-order chi connectivity index (χ0) is 15.8. The number of benzene rings is 2. The summed E-state index contributed by atoms with van der Waals surface area (Å²) in [5.74, 6) is -0.0423. The van der Waals surface area contributed by atoms with E-state index in [2.05, 4.69) is 52.5 Å². The maximum absolute atomic E-state index is 13.7. The molecular weight excluding hydrogens is 291 g/mol. The van der Waals surface area contributed by atoms with E-state index in [4.69, 9.17) is 4.74 Å². The van der Waals surface area contributed by atoms with Crippen molar-refractivity contribution < 1.29 is 14.4 Å². The molecule has 0 bridgehead atoms. The van der Waals surface area contributed by atoms with Crippen molar-refractivity contribution in [3.8, 4) is 11.4 Å². The zero-order valence-corrected chi connectivity index (χ0v) is 12.9. The van der Waals surface area contributed by atoms with Gasteiger partial charge < -0.3 is 14.6 Å². The largest absolute Gasteiger partial charge is 0.494 e. The summed E-state index contributed by atoms with van der Waals surface area (Å²) in [6.45, 7) is 0.877. The third kappa shape index (κ3) is 2.32. The first-order valence-corrected chi connectivity index (χ1v) is 7.70. The van der Waals surface area contributed by atoms with Gasteiger partial charge in [0.15, 0.2) is 17.6 Å². The number of hydrogen-bond acceptors (Lipinski definition) is 1. The molecule has 0 radical (unpaired) electrons. The number of nitrogens with zero attached hydrogens (tertiary/aromatic N) is 1. The summed E-state index contributed by atoms with van der Waals surface area (Å²) in [4.78, 5) is 0. The molecule has 116 valence electrons. The molecule has 1 aliphatic rings. The van der Waals surface area contributed by atoms with Crippen LogP contribution in [0, 0.1) is 5.82 Å². The summed E-state index contributed by atoms with van der Waals surface area (Å²) in [5.41, 5.74) is 4.72. The fraction of sp³-hybridized carbons (Fsp3) is 0.158. The molecule has 4 rings (SSSR count). The van der Waals surface area contributed by atoms with E-state index in [0.29, 0.717) is 0 Å². The minimum absolute atomic E-state index is 0.104. The summed E-state index contributed by atoms with van der Waals surface area (Å²) in [6.07, 6.45) is 2.08. The van der Waals surface area contributed by atoms with Gasteiger partial charge in [0, 0.05) is 17.3 Å². The second-order valence-corrected chi connectivity index (χ2v) is 5.74. The Bertz CT molecular complexity index is 856. The fourth-order valence-corrected chi connectivity index (χ4v) is 3.33. The Morgan fingerprint density at radius 1 is 1.13 bits per heavy atom. The Hall–Kier alpha value is -2.59. The Labute approximate surface area is 134 Å². The standard InChI is InChI=1S/C19H17FN2O/c1-23-18-11-13(8-9-15(18)20)19-17-7-4-10-22(17)16-6-3-2-5-14(16)12-21-19/h2-11,19,21H,12H2,1H3/p+1. The van der Waals surface area contributed by atoms with Crippen molar-refractivity contribution in [2.24, 2.45) is 0 Å². The van der Waals surface area contributed by atoms with Crippen LogP contribution in [0.5, 0.6) is 5.75 Å². The van der Waals surface area contributed by atoms with Gasteiger partial charge in [0.2, 0.25) is 0 Å². The number of hydrogen-bond donors (Lipinski definition) is 1. The number of quaternary nitrogens is 1. The van der Waals surface area contributed by atoms with E-state index in [1.807, 2.05) is 6.07 Å². The molecule has 0 saturated carbocycles. The summed E-state index contributed by atoms with van der Waals surface area (Å²) < 4.78 is 21.1. The highest BCUT2D eigenvalue weighted by molar-refractivity contribution is 5.45. The molecular formula is C19H18FN2O+. The Morgan fingerprint density at radius 2 is 2.00 bits per heavy atom. The highest BCUT2D eigenvalue weighted by Crippen LogP contribution is 2.29. The average molecular weight is 309 g/mol. The number of rotatable bonds is 2. The first-order valence-electron chi connectivity index (χ1n) is 7.70. The van der Waals surface area contributed by atoms with Crippen molar-refractivity contribution in [1.29, 1.82) is 0 Å². The predicted octanol–water partition coefficient (Wildman–Crippen LogP) is 2.79. The fourth-order valence-electron chi connectivity index (χ4n) is 3.33. The molecule has 4 heteroatoms. The molecule has 2 N–H and O–H groups in total. The van der Waals surface area contributed by atoms with Gasteiger partial charge in [-0.3, -0.25) is 0 Å². The molecule has 0 aliphatic carbocycles. The molecule has 1 aromatic heterocycles. The lowest BCUT2D eigenvalue weighted by atomic mass is 10.0. The van der Waals surface area contributed by atoms with Gasteiger partial charge >= 0.3 is 0 Å². The number of halogens is 1. The summed E-state index contributed by atoms with van der Waals surface area (Å²) in [5, 5.41) is 2.28. The van der Waals surface area contributed by atoms with Gasteiger partial charge in [-0.2, -0.15) is 0 Å². The summed E-state index contributed by atoms with van der Waals surface area (Å²) in [6, 6.07) is 17.8. The Morgan fingerprint density at radius 3 is 2.87 bits per heavy atom. The third-order valence-electron chi connectivity index (χ3n) is 4.46. The number of ether oxygens (including phenoxy) is 1. The molecule has 1 aliphatic heterocycles. The SMILES string of the molecule is COc1cc(C2[NH2+]Cc3ccccc3-n3cccc32)ccc1F. The quantitative estimate of drug-likeness (QED) is 0.775. The third-order valence-corrected chi connectivity index (χ3v) is 4.46. The molecule has 1 atom stereocenters. The predicted molar refractivity (Wildman–Crippen MR) is 86.2 cm³/mol. The van der Waals surface area contributed by atoms with Crippen molar-refractivity contribution in [2.45, 2.75) is 12.6 Å². The van der Waals surface area contributed by atoms with E-state index < -0.39 is 0 Å². The molecule has 23 heavy (non-hydrogen) atoms. The van der Waals surface area contributed by atoms with Crippen molar-refractivity contribution in [3.63, 3.8) is 0 Å². The van der Waals surface area contributed by atoms with Crippen LogP contribution in [0.25, 0.3) is 5.69 Å². The van der Waals surface area contributed by atoms with Crippen LogP contribution in [0.15, 0.2) is 60.8 Å². The summed E-state index contributed by atoms with van der Waals surface area (Å²) >= 11 is 0. The molecule has 3 nitrogen and oxygen atoms in total. The van der Waals surface area contributed by atoms with Crippen LogP contribution in [-0.2, 0) is 6.54 Å². The zero-order valence-electron chi connectivity index (χ0n) is 12.9. The van der Waals surface area contributed by atoms with Gasteiger partial charge in [-0.1, -0.05) is 18.2 Å². The number of nitrogens with two attached hydrogens (primary N) is 1. The van der Waals surface area contributed by atoms with Gasteiger partial charge in [-0.15, -0.1) is 0 Å². The lowest BCUT2D eigenvalue weighted by Crippen LogP contribution is -2.83. The monoisotopic (exact) mass is 309 g/mol. The number of fused-ring (bicyclic) bond motifs is 3. The average Bonchev–Trinajstić information content (AvgIpc) is 3.00. The van der Waals surface area contributed by atoms with Crippen LogP contribution in [0.4, 0.5) is 4.39 Å². The van der Waals surface area contributed by atoms with Crippen LogP contribution in [-0.4, -0.2) is 11.7 Å². The molecule has 0 amide bonds. The summed E-state index contributed by atoms with van der Waals surface area (Å²) in [7, 11) is 1.50. The van der Waals surface area contributed by atoms with E-state index in [1.165, 1.54) is 30.1 Å². The maximum Gasteiger partial charge on any atom is 0.165 e. The van der Waals surface area contributed by atoms with E-state index in [0.717, 1.165) is 12.1 Å². The van der Waals surface area contributed by atoms with E-state index >= 15 is 0 Å². The number of methoxy groups -OCH3 is 1. The van der Waals surface area contributed by atoms with Gasteiger partial charge in [0.05, 0.1) is 18.5 Å².